The molecule has 0 atom stereocenters. The molecule has 0 radical (unpaired) electrons. The Morgan fingerprint density at radius 3 is 2.79 bits per heavy atom. The lowest BCUT2D eigenvalue weighted by Crippen LogP contribution is -2.33. The zero-order chi connectivity index (χ0) is 10.6. The molecule has 1 rings (SSSR count). The molecule has 0 aliphatic carbocycles. The van der Waals surface area contributed by atoms with Crippen LogP contribution in [0.5, 0.6) is 0 Å². The fourth-order valence-corrected chi connectivity index (χ4v) is 1.34. The van der Waals surface area contributed by atoms with Crippen molar-refractivity contribution in [1.82, 2.24) is 4.90 Å². The van der Waals surface area contributed by atoms with Crippen LogP contribution in [-0.4, -0.2) is 25.0 Å². The molecule has 0 spiro atoms. The number of nitrogens with two attached hydrogens (primary N) is 1. The molecule has 2 N–H and O–H groups in total. The van der Waals surface area contributed by atoms with Crippen molar-refractivity contribution in [1.29, 1.82) is 0 Å². The van der Waals surface area contributed by atoms with Gasteiger partial charge in [-0.15, -0.1) is 0 Å². The van der Waals surface area contributed by atoms with Crippen LogP contribution in [-0.2, 0) is 6.54 Å². The van der Waals surface area contributed by atoms with Crippen molar-refractivity contribution in [2.75, 3.05) is 14.1 Å². The van der Waals surface area contributed by atoms with E-state index in [9.17, 15) is 0 Å². The van der Waals surface area contributed by atoms with Crippen molar-refractivity contribution in [3.05, 3.63) is 35.4 Å². The summed E-state index contributed by atoms with van der Waals surface area (Å²) in [6, 6.07) is 8.38. The van der Waals surface area contributed by atoms with Crippen molar-refractivity contribution in [2.24, 2.45) is 10.7 Å². The highest BCUT2D eigenvalue weighted by atomic mass is 15.2. The lowest BCUT2D eigenvalue weighted by Gasteiger charge is -2.17. The molecule has 14 heavy (non-hydrogen) atoms. The quantitative estimate of drug-likeness (QED) is 0.566. The zero-order valence-electron chi connectivity index (χ0n) is 8.99. The van der Waals surface area contributed by atoms with Crippen LogP contribution in [0.3, 0.4) is 0 Å². The highest BCUT2D eigenvalue weighted by Gasteiger charge is 2.01. The number of aliphatic imine (C=N–C) groups is 1. The molecule has 0 unspecified atom stereocenters. The van der Waals surface area contributed by atoms with Crippen molar-refractivity contribution >= 4 is 5.96 Å². The van der Waals surface area contributed by atoms with Gasteiger partial charge in [0.25, 0.3) is 0 Å². The molecular weight excluding hydrogens is 174 g/mol. The lowest BCUT2D eigenvalue weighted by molar-refractivity contribution is 0.494. The second-order valence-corrected chi connectivity index (χ2v) is 3.43. The van der Waals surface area contributed by atoms with Gasteiger partial charge >= 0.3 is 0 Å². The molecule has 3 heteroatoms. The van der Waals surface area contributed by atoms with E-state index in [1.807, 2.05) is 11.9 Å². The minimum Gasteiger partial charge on any atom is -0.370 e. The summed E-state index contributed by atoms with van der Waals surface area (Å²) < 4.78 is 0. The van der Waals surface area contributed by atoms with Crippen molar-refractivity contribution in [3.63, 3.8) is 0 Å². The fraction of sp³-hybridized carbons (Fsp3) is 0.364. The van der Waals surface area contributed by atoms with E-state index in [1.165, 1.54) is 11.1 Å². The highest BCUT2D eigenvalue weighted by molar-refractivity contribution is 5.77. The summed E-state index contributed by atoms with van der Waals surface area (Å²) >= 11 is 0. The minimum absolute atomic E-state index is 0.562. The monoisotopic (exact) mass is 191 g/mol. The summed E-state index contributed by atoms with van der Waals surface area (Å²) in [6.07, 6.45) is 0. The van der Waals surface area contributed by atoms with E-state index >= 15 is 0 Å². The van der Waals surface area contributed by atoms with Crippen molar-refractivity contribution < 1.29 is 0 Å². The summed E-state index contributed by atoms with van der Waals surface area (Å²) in [5.74, 6) is 0.562. The average Bonchev–Trinajstić information content (AvgIpc) is 2.16. The number of hydrogen-bond donors (Lipinski definition) is 1. The summed E-state index contributed by atoms with van der Waals surface area (Å²) in [5, 5.41) is 0. The van der Waals surface area contributed by atoms with E-state index in [4.69, 9.17) is 5.73 Å². The van der Waals surface area contributed by atoms with E-state index in [0.29, 0.717) is 5.96 Å². The normalized spacial score (nSPS) is 11.5. The molecule has 0 saturated carbocycles. The molecule has 1 aromatic rings. The summed E-state index contributed by atoms with van der Waals surface area (Å²) in [5.41, 5.74) is 8.19. The van der Waals surface area contributed by atoms with Gasteiger partial charge in [0.2, 0.25) is 0 Å². The number of rotatable bonds is 2. The summed E-state index contributed by atoms with van der Waals surface area (Å²) in [7, 11) is 3.63. The first-order valence-corrected chi connectivity index (χ1v) is 4.62. The maximum absolute atomic E-state index is 5.68. The maximum Gasteiger partial charge on any atom is 0.191 e. The Kier molecular flexibility index (Phi) is 3.51. The van der Waals surface area contributed by atoms with Crippen LogP contribution in [0.2, 0.25) is 0 Å². The van der Waals surface area contributed by atoms with Gasteiger partial charge in [0, 0.05) is 20.6 Å². The predicted octanol–water partition coefficient (Wildman–Crippen LogP) is 1.37. The molecule has 0 heterocycles. The number of aryl methyl sites for hydroxylation is 1. The molecule has 0 bridgehead atoms. The standard InChI is InChI=1S/C11H17N3/c1-9-5-4-6-10(7-9)8-14(3)11(12)13-2/h4-7H,8H2,1-3H3,(H2,12,13). The van der Waals surface area contributed by atoms with Gasteiger partial charge in [-0.1, -0.05) is 29.8 Å². The molecule has 0 aliphatic heterocycles. The van der Waals surface area contributed by atoms with E-state index in [0.717, 1.165) is 6.54 Å². The van der Waals surface area contributed by atoms with Gasteiger partial charge in [-0.05, 0) is 12.5 Å². The Balaban J connectivity index is 2.69. The highest BCUT2D eigenvalue weighted by Crippen LogP contribution is 2.06. The Bertz CT molecular complexity index is 331. The molecule has 76 valence electrons. The number of nitrogens with zero attached hydrogens (tertiary/aromatic N) is 2. The molecule has 1 aromatic carbocycles. The molecule has 0 aromatic heterocycles. The summed E-state index contributed by atoms with van der Waals surface area (Å²) in [4.78, 5) is 5.85. The lowest BCUT2D eigenvalue weighted by atomic mass is 10.1. The first kappa shape index (κ1) is 10.6. The van der Waals surface area contributed by atoms with Gasteiger partial charge in [-0.2, -0.15) is 0 Å². The average molecular weight is 191 g/mol. The molecule has 3 nitrogen and oxygen atoms in total. The van der Waals surface area contributed by atoms with Crippen LogP contribution in [0.1, 0.15) is 11.1 Å². The van der Waals surface area contributed by atoms with Gasteiger partial charge < -0.3 is 10.6 Å². The Morgan fingerprint density at radius 2 is 2.21 bits per heavy atom. The van der Waals surface area contributed by atoms with Crippen LogP contribution in [0.4, 0.5) is 0 Å². The van der Waals surface area contributed by atoms with Gasteiger partial charge in [0.15, 0.2) is 5.96 Å². The van der Waals surface area contributed by atoms with E-state index < -0.39 is 0 Å². The third-order valence-corrected chi connectivity index (χ3v) is 2.12. The topological polar surface area (TPSA) is 41.6 Å². The predicted molar refractivity (Wildman–Crippen MR) is 60.2 cm³/mol. The Hall–Kier alpha value is -1.51. The van der Waals surface area contributed by atoms with Crippen LogP contribution < -0.4 is 5.73 Å². The van der Waals surface area contributed by atoms with E-state index in [1.54, 1.807) is 7.05 Å². The second kappa shape index (κ2) is 4.65. The number of benzene rings is 1. The number of guanidine groups is 1. The largest absolute Gasteiger partial charge is 0.370 e. The van der Waals surface area contributed by atoms with Crippen LogP contribution in [0.25, 0.3) is 0 Å². The third kappa shape index (κ3) is 2.76. The second-order valence-electron chi connectivity index (χ2n) is 3.43. The maximum atomic E-state index is 5.68. The SMILES string of the molecule is CN=C(N)N(C)Cc1cccc(C)c1. The van der Waals surface area contributed by atoms with Gasteiger partial charge in [-0.3, -0.25) is 4.99 Å². The first-order valence-electron chi connectivity index (χ1n) is 4.62. The Labute approximate surface area is 85.3 Å². The fourth-order valence-electron chi connectivity index (χ4n) is 1.34. The van der Waals surface area contributed by atoms with Gasteiger partial charge in [0.05, 0.1) is 0 Å². The zero-order valence-corrected chi connectivity index (χ0v) is 8.99. The summed E-state index contributed by atoms with van der Waals surface area (Å²) in [6.45, 7) is 2.88. The van der Waals surface area contributed by atoms with Crippen molar-refractivity contribution in [3.8, 4) is 0 Å². The van der Waals surface area contributed by atoms with Gasteiger partial charge in [0.1, 0.15) is 0 Å². The molecular formula is C11H17N3. The minimum atomic E-state index is 0.562. The van der Waals surface area contributed by atoms with Crippen molar-refractivity contribution in [2.45, 2.75) is 13.5 Å². The molecule has 0 fully saturated rings. The molecule has 0 amide bonds. The van der Waals surface area contributed by atoms with E-state index in [2.05, 4.69) is 36.2 Å². The van der Waals surface area contributed by atoms with E-state index in [-0.39, 0.29) is 0 Å². The van der Waals surface area contributed by atoms with Crippen LogP contribution >= 0.6 is 0 Å². The Morgan fingerprint density at radius 1 is 1.50 bits per heavy atom. The molecule has 0 aliphatic rings. The van der Waals surface area contributed by atoms with Gasteiger partial charge in [-0.25, -0.2) is 0 Å². The molecule has 0 saturated heterocycles. The smallest absolute Gasteiger partial charge is 0.191 e. The van der Waals surface area contributed by atoms with Crippen LogP contribution in [0.15, 0.2) is 29.3 Å². The number of hydrogen-bond acceptors (Lipinski definition) is 1. The first-order chi connectivity index (χ1) is 6.63. The van der Waals surface area contributed by atoms with Crippen LogP contribution in [0, 0.1) is 6.92 Å². The third-order valence-electron chi connectivity index (χ3n) is 2.12.